The van der Waals surface area contributed by atoms with Gasteiger partial charge in [0.25, 0.3) is 0 Å². The molecule has 4 aromatic carbocycles. The van der Waals surface area contributed by atoms with Crippen LogP contribution in [-0.4, -0.2) is 32.6 Å². The number of phenolic OH excluding ortho intramolecular Hbond substituents is 5. The maximum Gasteiger partial charge on any atom is 0.197 e. The van der Waals surface area contributed by atoms with Crippen LogP contribution < -0.4 is 15.6 Å². The van der Waals surface area contributed by atoms with E-state index in [0.717, 1.165) is 24.3 Å². The maximum absolute atomic E-state index is 13.2. The topological polar surface area (TPSA) is 171 Å². The van der Waals surface area contributed by atoms with Crippen molar-refractivity contribution in [1.29, 1.82) is 0 Å². The lowest BCUT2D eigenvalue weighted by Crippen LogP contribution is -2.04. The number of fused-ring (bicyclic) bond motifs is 2. The highest BCUT2D eigenvalue weighted by molar-refractivity contribution is 6.06. The van der Waals surface area contributed by atoms with E-state index in [1.54, 1.807) is 24.3 Å². The standard InChI is InChI=1S/C31H20O10/c1-39-17-8-4-15(5-9-17)24-11-20(35)26-18(33)10-19(34)29(31(26)41-24)28-22(37)13-25-27(30(28)38)21(36)12-23(40-25)14-2-6-16(32)7-3-14/h2-13,32-34,37-38H,1H3. The smallest absolute Gasteiger partial charge is 0.197 e. The SMILES string of the molecule is COc1ccc(-c2cc(=O)c3c(O)cc(O)c(-c4c(O)cc5oc(-c6ccc(O)cc6)cc(=O)c5c4O)c3o2)cc1. The minimum Gasteiger partial charge on any atom is -0.508 e. The fourth-order valence-electron chi connectivity index (χ4n) is 4.75. The summed E-state index contributed by atoms with van der Waals surface area (Å²) in [7, 11) is 1.50. The molecule has 6 aromatic rings. The third-order valence-electron chi connectivity index (χ3n) is 6.71. The van der Waals surface area contributed by atoms with Crippen LogP contribution in [0.3, 0.4) is 0 Å². The summed E-state index contributed by atoms with van der Waals surface area (Å²) < 4.78 is 16.9. The Morgan fingerprint density at radius 3 is 1.80 bits per heavy atom. The highest BCUT2D eigenvalue weighted by Crippen LogP contribution is 2.50. The molecule has 0 spiro atoms. The molecule has 0 atom stereocenters. The third-order valence-corrected chi connectivity index (χ3v) is 6.71. The molecule has 10 heteroatoms. The molecule has 0 aliphatic rings. The lowest BCUT2D eigenvalue weighted by Gasteiger charge is -2.15. The van der Waals surface area contributed by atoms with Crippen LogP contribution in [0, 0.1) is 0 Å². The van der Waals surface area contributed by atoms with E-state index in [9.17, 15) is 35.1 Å². The molecule has 2 heterocycles. The van der Waals surface area contributed by atoms with Crippen LogP contribution in [0.4, 0.5) is 0 Å². The lowest BCUT2D eigenvalue weighted by molar-refractivity contribution is 0.415. The van der Waals surface area contributed by atoms with Crippen molar-refractivity contribution in [3.05, 3.63) is 93.2 Å². The van der Waals surface area contributed by atoms with Crippen molar-refractivity contribution in [3.8, 4) is 68.3 Å². The average Bonchev–Trinajstić information content (AvgIpc) is 2.94. The molecule has 6 rings (SSSR count). The van der Waals surface area contributed by atoms with Gasteiger partial charge in [0.15, 0.2) is 16.4 Å². The van der Waals surface area contributed by atoms with Crippen LogP contribution in [0.5, 0.6) is 34.5 Å². The number of rotatable bonds is 4. The van der Waals surface area contributed by atoms with Gasteiger partial charge in [0, 0.05) is 35.4 Å². The first-order valence-electron chi connectivity index (χ1n) is 12.2. The van der Waals surface area contributed by atoms with E-state index in [1.807, 2.05) is 0 Å². The van der Waals surface area contributed by atoms with Gasteiger partial charge >= 0.3 is 0 Å². The zero-order valence-corrected chi connectivity index (χ0v) is 21.2. The van der Waals surface area contributed by atoms with Crippen molar-refractivity contribution in [1.82, 2.24) is 0 Å². The summed E-state index contributed by atoms with van der Waals surface area (Å²) >= 11 is 0. The van der Waals surface area contributed by atoms with E-state index in [-0.39, 0.29) is 44.8 Å². The highest BCUT2D eigenvalue weighted by Gasteiger charge is 2.27. The number of aromatic hydroxyl groups is 5. The fourth-order valence-corrected chi connectivity index (χ4v) is 4.75. The second-order valence-corrected chi connectivity index (χ2v) is 9.21. The Morgan fingerprint density at radius 2 is 1.17 bits per heavy atom. The average molecular weight is 552 g/mol. The van der Waals surface area contributed by atoms with Gasteiger partial charge in [-0.05, 0) is 48.5 Å². The predicted octanol–water partition coefficient (Wildman–Crippen LogP) is 5.44. The zero-order valence-electron chi connectivity index (χ0n) is 21.2. The van der Waals surface area contributed by atoms with E-state index in [2.05, 4.69) is 0 Å². The Bertz CT molecular complexity index is 2100. The molecule has 0 saturated carbocycles. The van der Waals surface area contributed by atoms with Crippen LogP contribution in [0.25, 0.3) is 55.7 Å². The van der Waals surface area contributed by atoms with Gasteiger partial charge in [0.05, 0.1) is 18.2 Å². The van der Waals surface area contributed by atoms with Gasteiger partial charge in [-0.3, -0.25) is 9.59 Å². The van der Waals surface area contributed by atoms with Crippen molar-refractivity contribution in [2.45, 2.75) is 0 Å². The number of benzene rings is 4. The first-order valence-corrected chi connectivity index (χ1v) is 12.2. The quantitative estimate of drug-likeness (QED) is 0.190. The molecular weight excluding hydrogens is 532 g/mol. The van der Waals surface area contributed by atoms with Gasteiger partial charge in [0.1, 0.15) is 62.4 Å². The fraction of sp³-hybridized carbons (Fsp3) is 0.0323. The minimum atomic E-state index is -0.745. The summed E-state index contributed by atoms with van der Waals surface area (Å²) in [6.45, 7) is 0. The molecule has 0 bridgehead atoms. The summed E-state index contributed by atoms with van der Waals surface area (Å²) in [5, 5.41) is 52.6. The molecule has 0 unspecified atom stereocenters. The second kappa shape index (κ2) is 9.38. The molecule has 5 N–H and O–H groups in total. The Morgan fingerprint density at radius 1 is 0.610 bits per heavy atom. The third kappa shape index (κ3) is 4.14. The number of hydrogen-bond acceptors (Lipinski definition) is 10. The van der Waals surface area contributed by atoms with Crippen LogP contribution in [-0.2, 0) is 0 Å². The molecular formula is C31H20O10. The molecule has 10 nitrogen and oxygen atoms in total. The molecule has 204 valence electrons. The summed E-state index contributed by atoms with van der Waals surface area (Å²) in [5.74, 6) is -1.83. The molecule has 0 fully saturated rings. The largest absolute Gasteiger partial charge is 0.508 e. The lowest BCUT2D eigenvalue weighted by atomic mass is 9.96. The van der Waals surface area contributed by atoms with Gasteiger partial charge in [-0.25, -0.2) is 0 Å². The maximum atomic E-state index is 13.2. The van der Waals surface area contributed by atoms with Gasteiger partial charge in [0.2, 0.25) is 0 Å². The molecule has 41 heavy (non-hydrogen) atoms. The minimum absolute atomic E-state index is 0.0135. The second-order valence-electron chi connectivity index (χ2n) is 9.21. The number of phenols is 5. The van der Waals surface area contributed by atoms with Crippen molar-refractivity contribution in [2.75, 3.05) is 7.11 Å². The molecule has 2 aromatic heterocycles. The van der Waals surface area contributed by atoms with E-state index in [0.29, 0.717) is 16.9 Å². The number of methoxy groups -OCH3 is 1. The summed E-state index contributed by atoms with van der Waals surface area (Å²) in [6, 6.07) is 16.7. The number of hydrogen-bond donors (Lipinski definition) is 5. The Balaban J connectivity index is 1.63. The number of ether oxygens (including phenoxy) is 1. The molecule has 0 radical (unpaired) electrons. The highest BCUT2D eigenvalue weighted by atomic mass is 16.5. The van der Waals surface area contributed by atoms with Gasteiger partial charge in [-0.15, -0.1) is 0 Å². The van der Waals surface area contributed by atoms with Crippen molar-refractivity contribution in [2.24, 2.45) is 0 Å². The molecule has 0 aliphatic carbocycles. The van der Waals surface area contributed by atoms with Crippen LogP contribution in [0.1, 0.15) is 0 Å². The van der Waals surface area contributed by atoms with E-state index in [1.165, 1.54) is 31.4 Å². The van der Waals surface area contributed by atoms with Crippen LogP contribution in [0.15, 0.2) is 91.2 Å². The normalized spacial score (nSPS) is 11.2. The van der Waals surface area contributed by atoms with Crippen LogP contribution in [0.2, 0.25) is 0 Å². The first-order chi connectivity index (χ1) is 19.7. The summed E-state index contributed by atoms with van der Waals surface area (Å²) in [4.78, 5) is 26.3. The zero-order chi connectivity index (χ0) is 29.0. The molecule has 0 saturated heterocycles. The van der Waals surface area contributed by atoms with Gasteiger partial charge < -0.3 is 39.1 Å². The van der Waals surface area contributed by atoms with E-state index < -0.39 is 39.4 Å². The van der Waals surface area contributed by atoms with Crippen LogP contribution >= 0.6 is 0 Å². The first kappa shape index (κ1) is 25.4. The van der Waals surface area contributed by atoms with Crippen molar-refractivity contribution < 1.29 is 39.1 Å². The van der Waals surface area contributed by atoms with Gasteiger partial charge in [-0.2, -0.15) is 0 Å². The molecule has 0 aliphatic heterocycles. The predicted molar refractivity (Wildman–Crippen MR) is 150 cm³/mol. The summed E-state index contributed by atoms with van der Waals surface area (Å²) in [5.41, 5.74) is -1.65. The van der Waals surface area contributed by atoms with E-state index >= 15 is 0 Å². The van der Waals surface area contributed by atoms with Crippen molar-refractivity contribution in [3.63, 3.8) is 0 Å². The van der Waals surface area contributed by atoms with Crippen molar-refractivity contribution >= 4 is 21.9 Å². The monoisotopic (exact) mass is 552 g/mol. The molecule has 0 amide bonds. The Hall–Kier alpha value is -5.90. The van der Waals surface area contributed by atoms with Gasteiger partial charge in [-0.1, -0.05) is 0 Å². The Labute approximate surface area is 229 Å². The summed E-state index contributed by atoms with van der Waals surface area (Å²) in [6.07, 6.45) is 0. The van der Waals surface area contributed by atoms with E-state index in [4.69, 9.17) is 13.6 Å². The Kier molecular flexibility index (Phi) is 5.81.